The summed E-state index contributed by atoms with van der Waals surface area (Å²) in [6.07, 6.45) is 3.65. The average Bonchev–Trinajstić information content (AvgIpc) is 3.64. The Morgan fingerprint density at radius 1 is 0.489 bits per heavy atom. The summed E-state index contributed by atoms with van der Waals surface area (Å²) in [6.45, 7) is 4.58. The first-order valence-electron chi connectivity index (χ1n) is 15.9. The minimum atomic E-state index is -0.238. The maximum absolute atomic E-state index is 13.8. The molecular weight excluding hydrogens is 576 g/mol. The van der Waals surface area contributed by atoms with Crippen LogP contribution in [-0.2, 0) is 5.41 Å². The van der Waals surface area contributed by atoms with E-state index in [4.69, 9.17) is 0 Å². The first-order chi connectivity index (χ1) is 22.9. The molecule has 9 rings (SSSR count). The summed E-state index contributed by atoms with van der Waals surface area (Å²) in [4.78, 5) is 32.0. The van der Waals surface area contributed by atoms with Crippen molar-refractivity contribution >= 4 is 45.1 Å². The van der Waals surface area contributed by atoms with Crippen molar-refractivity contribution in [3.8, 4) is 11.1 Å². The lowest BCUT2D eigenvalue weighted by Gasteiger charge is -2.26. The molecule has 0 saturated heterocycles. The minimum absolute atomic E-state index is 0.173. The summed E-state index contributed by atoms with van der Waals surface area (Å²) >= 11 is 0. The highest BCUT2D eigenvalue weighted by Crippen LogP contribution is 2.57. The van der Waals surface area contributed by atoms with E-state index in [1.807, 2.05) is 78.9 Å². The number of carbonyl (C=O) groups excluding carboxylic acids is 2. The number of para-hydroxylation sites is 2. The van der Waals surface area contributed by atoms with Gasteiger partial charge in [0.05, 0.1) is 16.9 Å². The van der Waals surface area contributed by atoms with Crippen LogP contribution in [0.1, 0.15) is 45.7 Å². The van der Waals surface area contributed by atoms with Crippen LogP contribution in [0.5, 0.6) is 0 Å². The summed E-state index contributed by atoms with van der Waals surface area (Å²) in [6, 6.07) is 45.4. The molecule has 6 aromatic carbocycles. The van der Waals surface area contributed by atoms with E-state index in [1.54, 1.807) is 6.08 Å². The van der Waals surface area contributed by atoms with Gasteiger partial charge in [-0.3, -0.25) is 19.4 Å². The van der Waals surface area contributed by atoms with Gasteiger partial charge in [0, 0.05) is 27.9 Å². The van der Waals surface area contributed by atoms with Crippen LogP contribution in [0.4, 0.5) is 22.7 Å². The molecule has 0 fully saturated rings. The van der Waals surface area contributed by atoms with Crippen LogP contribution in [0, 0.1) is 0 Å². The van der Waals surface area contributed by atoms with E-state index < -0.39 is 0 Å². The third-order valence-electron chi connectivity index (χ3n) is 9.91. The SMILES string of the molecule is CC1(C)c2ccccc2-c2cc3c(cc21)N(c1ccccc1)/C(=C\C=C1C(=O)c2cc4ccccc4cc2C1=O)N3c1ccccc1. The molecule has 0 saturated carbocycles. The Hall–Kier alpha value is -6.00. The Morgan fingerprint density at radius 2 is 1.00 bits per heavy atom. The molecular formula is C43H30N2O2. The summed E-state index contributed by atoms with van der Waals surface area (Å²) in [5.74, 6) is 0.359. The minimum Gasteiger partial charge on any atom is -0.294 e. The lowest BCUT2D eigenvalue weighted by atomic mass is 9.82. The van der Waals surface area contributed by atoms with Gasteiger partial charge in [0.15, 0.2) is 11.6 Å². The highest BCUT2D eigenvalue weighted by Gasteiger charge is 2.41. The largest absolute Gasteiger partial charge is 0.294 e. The summed E-state index contributed by atoms with van der Waals surface area (Å²) in [5, 5.41) is 1.89. The van der Waals surface area contributed by atoms with Gasteiger partial charge in [-0.05, 0) is 93.7 Å². The van der Waals surface area contributed by atoms with Crippen LogP contribution in [-0.4, -0.2) is 11.6 Å². The highest BCUT2D eigenvalue weighted by molar-refractivity contribution is 6.40. The number of fused-ring (bicyclic) bond motifs is 6. The quantitative estimate of drug-likeness (QED) is 0.148. The summed E-state index contributed by atoms with van der Waals surface area (Å²) in [5.41, 5.74) is 10.1. The van der Waals surface area contributed by atoms with Crippen molar-refractivity contribution < 1.29 is 9.59 Å². The lowest BCUT2D eigenvalue weighted by Crippen LogP contribution is -2.21. The van der Waals surface area contributed by atoms with Gasteiger partial charge >= 0.3 is 0 Å². The maximum Gasteiger partial charge on any atom is 0.197 e. The predicted molar refractivity (Wildman–Crippen MR) is 190 cm³/mol. The van der Waals surface area contributed by atoms with Crippen LogP contribution in [0.3, 0.4) is 0 Å². The predicted octanol–water partition coefficient (Wildman–Crippen LogP) is 10.3. The van der Waals surface area contributed by atoms with Crippen LogP contribution in [0.25, 0.3) is 21.9 Å². The maximum atomic E-state index is 13.8. The number of rotatable bonds is 3. The van der Waals surface area contributed by atoms with Crippen LogP contribution in [0.15, 0.2) is 157 Å². The summed E-state index contributed by atoms with van der Waals surface area (Å²) in [7, 11) is 0. The molecule has 4 heteroatoms. The molecule has 47 heavy (non-hydrogen) atoms. The van der Waals surface area contributed by atoms with Gasteiger partial charge in [0.1, 0.15) is 5.82 Å². The Kier molecular flexibility index (Phi) is 5.81. The fourth-order valence-electron chi connectivity index (χ4n) is 7.59. The number of allylic oxidation sites excluding steroid dienone is 3. The molecule has 0 aromatic heterocycles. The molecule has 4 nitrogen and oxygen atoms in total. The Morgan fingerprint density at radius 3 is 1.60 bits per heavy atom. The molecule has 0 bridgehead atoms. The van der Waals surface area contributed by atoms with Gasteiger partial charge in [-0.25, -0.2) is 0 Å². The van der Waals surface area contributed by atoms with Crippen LogP contribution >= 0.6 is 0 Å². The van der Waals surface area contributed by atoms with E-state index in [0.29, 0.717) is 11.1 Å². The standard InChI is InChI=1S/C43H30N2O2/c1-43(2)36-20-12-11-19-31(36)33-25-38-39(26-37(33)43)45(30-17-7-4-8-18-30)40(44(38)29-15-5-3-6-16-29)22-21-32-41(46)34-23-27-13-9-10-14-28(27)24-35(34)42(32)47/h3-26H,1-2H3/b40-22-. The summed E-state index contributed by atoms with van der Waals surface area (Å²) < 4.78 is 0. The molecule has 6 aromatic rings. The number of carbonyl (C=O) groups is 2. The Balaban J connectivity index is 1.27. The molecule has 1 aliphatic heterocycles. The molecule has 0 unspecified atom stereocenters. The van der Waals surface area contributed by atoms with Crippen LogP contribution < -0.4 is 9.80 Å². The normalized spacial score (nSPS) is 16.5. The number of anilines is 4. The smallest absolute Gasteiger partial charge is 0.197 e. The molecule has 0 amide bonds. The van der Waals surface area contributed by atoms with Crippen molar-refractivity contribution in [1.82, 2.24) is 0 Å². The zero-order valence-electron chi connectivity index (χ0n) is 26.1. The Labute approximate surface area is 273 Å². The second-order valence-electron chi connectivity index (χ2n) is 12.9. The molecule has 0 atom stereocenters. The zero-order valence-corrected chi connectivity index (χ0v) is 26.1. The first-order valence-corrected chi connectivity index (χ1v) is 15.9. The lowest BCUT2D eigenvalue weighted by molar-refractivity contribution is 0.0988. The van der Waals surface area contributed by atoms with E-state index in [9.17, 15) is 9.59 Å². The number of hydrogen-bond acceptors (Lipinski definition) is 4. The second-order valence-corrected chi connectivity index (χ2v) is 12.9. The van der Waals surface area contributed by atoms with Gasteiger partial charge < -0.3 is 0 Å². The number of Topliss-reactive ketones (excluding diaryl/α,β-unsaturated/α-hetero) is 2. The number of hydrogen-bond donors (Lipinski definition) is 0. The fourth-order valence-corrected chi connectivity index (χ4v) is 7.59. The van der Waals surface area contributed by atoms with Crippen LogP contribution in [0.2, 0.25) is 0 Å². The van der Waals surface area contributed by atoms with Crippen molar-refractivity contribution in [3.63, 3.8) is 0 Å². The van der Waals surface area contributed by atoms with Gasteiger partial charge in [-0.15, -0.1) is 0 Å². The molecule has 0 radical (unpaired) electrons. The van der Waals surface area contributed by atoms with Gasteiger partial charge in [-0.2, -0.15) is 0 Å². The molecule has 0 spiro atoms. The van der Waals surface area contributed by atoms with E-state index in [-0.39, 0.29) is 22.6 Å². The van der Waals surface area contributed by atoms with Crippen molar-refractivity contribution in [1.29, 1.82) is 0 Å². The molecule has 0 N–H and O–H groups in total. The first kappa shape index (κ1) is 27.3. The van der Waals surface area contributed by atoms with E-state index in [1.165, 1.54) is 22.3 Å². The van der Waals surface area contributed by atoms with E-state index in [0.717, 1.165) is 39.3 Å². The topological polar surface area (TPSA) is 40.6 Å². The van der Waals surface area contributed by atoms with E-state index in [2.05, 4.69) is 84.3 Å². The van der Waals surface area contributed by atoms with E-state index >= 15 is 0 Å². The fraction of sp³-hybridized carbons (Fsp3) is 0.0698. The molecule has 3 aliphatic rings. The molecule has 2 aliphatic carbocycles. The van der Waals surface area contributed by atoms with Crippen molar-refractivity contribution in [2.24, 2.45) is 0 Å². The second kappa shape index (κ2) is 10.0. The average molecular weight is 607 g/mol. The molecule has 1 heterocycles. The van der Waals surface area contributed by atoms with Gasteiger partial charge in [0.2, 0.25) is 0 Å². The Bertz CT molecular complexity index is 2310. The van der Waals surface area contributed by atoms with Crippen molar-refractivity contribution in [3.05, 3.63) is 179 Å². The van der Waals surface area contributed by atoms with Crippen molar-refractivity contribution in [2.75, 3.05) is 9.80 Å². The monoisotopic (exact) mass is 606 g/mol. The third-order valence-corrected chi connectivity index (χ3v) is 9.91. The van der Waals surface area contributed by atoms with Crippen molar-refractivity contribution in [2.45, 2.75) is 19.3 Å². The third kappa shape index (κ3) is 3.95. The molecule has 224 valence electrons. The van der Waals surface area contributed by atoms with Gasteiger partial charge in [-0.1, -0.05) is 98.8 Å². The number of benzene rings is 6. The van der Waals surface area contributed by atoms with Gasteiger partial charge in [0.25, 0.3) is 0 Å². The zero-order chi connectivity index (χ0) is 31.9. The number of nitrogens with zero attached hydrogens (tertiary/aromatic N) is 2. The highest BCUT2D eigenvalue weighted by atomic mass is 16.2. The number of ketones is 2.